The number of hydrogen-bond donors (Lipinski definition) is 8. The molecule has 0 aromatic heterocycles. The quantitative estimate of drug-likeness (QED) is 0.0340. The predicted molar refractivity (Wildman–Crippen MR) is 180 cm³/mol. The summed E-state index contributed by atoms with van der Waals surface area (Å²) in [6.07, 6.45) is 2.77. The number of aliphatic hydroxyl groups is 2. The number of methoxy groups -OCH3 is 1. The number of nitrogens with one attached hydrogen (secondary N) is 2. The van der Waals surface area contributed by atoms with E-state index < -0.39 is 64.0 Å². The van der Waals surface area contributed by atoms with E-state index in [1.54, 1.807) is 0 Å². The van der Waals surface area contributed by atoms with Crippen LogP contribution in [0.25, 0.3) is 0 Å². The topological polar surface area (TPSA) is 256 Å². The Hall–Kier alpha value is -4.83. The molecule has 0 saturated carbocycles. The van der Waals surface area contributed by atoms with Gasteiger partial charge in [-0.15, -0.1) is 0 Å². The van der Waals surface area contributed by atoms with E-state index in [-0.39, 0.29) is 77.5 Å². The number of rotatable bonds is 12. The zero-order valence-corrected chi connectivity index (χ0v) is 28.0. The first-order valence-electron chi connectivity index (χ1n) is 16.5. The van der Waals surface area contributed by atoms with Crippen molar-refractivity contribution in [3.63, 3.8) is 0 Å². The third-order valence-electron chi connectivity index (χ3n) is 9.66. The Bertz CT molecular complexity index is 1770. The number of nitrogens with two attached hydrogens (primary N) is 2. The fourth-order valence-electron chi connectivity index (χ4n) is 6.86. The first kappa shape index (κ1) is 36.5. The van der Waals surface area contributed by atoms with E-state index in [9.17, 15) is 39.6 Å². The molecule has 0 heterocycles. The highest BCUT2D eigenvalue weighted by Crippen LogP contribution is 2.52. The van der Waals surface area contributed by atoms with Crippen LogP contribution in [0.1, 0.15) is 114 Å². The normalized spacial score (nSPS) is 22.9. The summed E-state index contributed by atoms with van der Waals surface area (Å²) in [5.41, 5.74) is 7.95. The van der Waals surface area contributed by atoms with Crippen LogP contribution in [0.2, 0.25) is 0 Å². The first-order chi connectivity index (χ1) is 23.8. The minimum absolute atomic E-state index is 0.00870. The SMILES string of the molecule is COc1cccc2c1C(=O)c1c(O)c3c(c(O)c1C2=O)CC(O)(/C(C)=N/NC(=O)CCCCCCC(=O)NN)CC3OC1CC=C(O)C(N)C1. The Morgan fingerprint density at radius 3 is 2.34 bits per heavy atom. The van der Waals surface area contributed by atoms with Gasteiger partial charge in [0, 0.05) is 42.4 Å². The number of amides is 2. The van der Waals surface area contributed by atoms with Gasteiger partial charge in [-0.2, -0.15) is 5.10 Å². The zero-order valence-electron chi connectivity index (χ0n) is 28.0. The maximum absolute atomic E-state index is 13.9. The number of phenols is 2. The fourth-order valence-corrected chi connectivity index (χ4v) is 6.86. The second-order valence-corrected chi connectivity index (χ2v) is 13.0. The van der Waals surface area contributed by atoms with Gasteiger partial charge in [-0.05, 0) is 44.7 Å². The number of unbranched alkanes of at least 4 members (excludes halogenated alkanes) is 3. The largest absolute Gasteiger partial charge is 0.511 e. The predicted octanol–water partition coefficient (Wildman–Crippen LogP) is 2.37. The van der Waals surface area contributed by atoms with Gasteiger partial charge in [0.1, 0.15) is 28.6 Å². The van der Waals surface area contributed by atoms with Crippen LogP contribution in [0.15, 0.2) is 35.1 Å². The molecule has 3 aliphatic carbocycles. The van der Waals surface area contributed by atoms with Gasteiger partial charge in [-0.25, -0.2) is 11.3 Å². The molecule has 3 aliphatic rings. The summed E-state index contributed by atoms with van der Waals surface area (Å²) in [5, 5.41) is 49.7. The van der Waals surface area contributed by atoms with Crippen molar-refractivity contribution in [3.8, 4) is 17.2 Å². The minimum Gasteiger partial charge on any atom is -0.511 e. The summed E-state index contributed by atoms with van der Waals surface area (Å²) in [4.78, 5) is 51.5. The van der Waals surface area contributed by atoms with Crippen LogP contribution < -0.4 is 27.2 Å². The van der Waals surface area contributed by atoms with Crippen molar-refractivity contribution in [2.24, 2.45) is 16.7 Å². The molecule has 50 heavy (non-hydrogen) atoms. The van der Waals surface area contributed by atoms with Crippen molar-refractivity contribution in [1.29, 1.82) is 0 Å². The number of hydrazone groups is 1. The van der Waals surface area contributed by atoms with Gasteiger partial charge in [0.05, 0.1) is 47.8 Å². The molecule has 0 bridgehead atoms. The van der Waals surface area contributed by atoms with E-state index >= 15 is 0 Å². The summed E-state index contributed by atoms with van der Waals surface area (Å²) in [5.74, 6) is 1.96. The van der Waals surface area contributed by atoms with Crippen molar-refractivity contribution < 1.29 is 49.1 Å². The smallest absolute Gasteiger partial charge is 0.240 e. The molecule has 2 aromatic carbocycles. The van der Waals surface area contributed by atoms with Gasteiger partial charge in [0.25, 0.3) is 0 Å². The Kier molecular flexibility index (Phi) is 10.9. The Balaban J connectivity index is 1.45. The number of carbonyl (C=O) groups is 4. The number of benzene rings is 2. The van der Waals surface area contributed by atoms with E-state index in [4.69, 9.17) is 21.1 Å². The zero-order chi connectivity index (χ0) is 36.3. The van der Waals surface area contributed by atoms with Crippen LogP contribution in [-0.2, 0) is 20.7 Å². The van der Waals surface area contributed by atoms with Crippen molar-refractivity contribution in [3.05, 3.63) is 63.4 Å². The number of hydrazine groups is 1. The maximum Gasteiger partial charge on any atom is 0.240 e. The number of carbonyl (C=O) groups excluding carboxylic acids is 4. The molecule has 2 aromatic rings. The van der Waals surface area contributed by atoms with Crippen molar-refractivity contribution in [2.45, 2.75) is 95.0 Å². The number of hydrogen-bond acceptors (Lipinski definition) is 13. The monoisotopic (exact) mass is 693 g/mol. The van der Waals surface area contributed by atoms with E-state index in [0.717, 1.165) is 6.42 Å². The average Bonchev–Trinajstić information content (AvgIpc) is 3.09. The van der Waals surface area contributed by atoms with Crippen LogP contribution >= 0.6 is 0 Å². The summed E-state index contributed by atoms with van der Waals surface area (Å²) in [7, 11) is 1.35. The standard InChI is InChI=1S/C35H43N5O10/c1-17(39-40-26(43)11-6-4-3-5-10-25(42)38-37)35(48)15-20-28(24(16-35)50-18-12-13-22(41)21(36)14-18)34(47)30-29(32(20)45)31(44)19-8-7-9-23(49-2)27(19)33(30)46/h7-9,13,18,21,24,41,45,47-48H,3-6,10-12,14-16,36-37H2,1-2H3,(H,38,42)(H,40,43)/b39-17+. The van der Waals surface area contributed by atoms with Gasteiger partial charge in [0.2, 0.25) is 17.6 Å². The molecule has 0 radical (unpaired) electrons. The number of nitrogens with zero attached hydrogens (tertiary/aromatic N) is 1. The molecule has 5 rings (SSSR count). The third-order valence-corrected chi connectivity index (χ3v) is 9.66. The molecular formula is C35H43N5O10. The number of fused-ring (bicyclic) bond motifs is 3. The highest BCUT2D eigenvalue weighted by Gasteiger charge is 2.48. The third kappa shape index (κ3) is 7.07. The van der Waals surface area contributed by atoms with Crippen LogP contribution in [0, 0.1) is 0 Å². The van der Waals surface area contributed by atoms with Crippen molar-refractivity contribution in [1.82, 2.24) is 10.9 Å². The molecule has 0 fully saturated rings. The van der Waals surface area contributed by atoms with Crippen molar-refractivity contribution >= 4 is 29.1 Å². The highest BCUT2D eigenvalue weighted by atomic mass is 16.5. The molecule has 4 atom stereocenters. The molecule has 0 saturated heterocycles. The van der Waals surface area contributed by atoms with Gasteiger partial charge < -0.3 is 35.6 Å². The lowest BCUT2D eigenvalue weighted by Gasteiger charge is -2.41. The molecule has 10 N–H and O–H groups in total. The van der Waals surface area contributed by atoms with Gasteiger partial charge >= 0.3 is 0 Å². The number of phenolic OH excluding ortho intramolecular Hbond substituents is 2. The molecule has 2 amide bonds. The number of ether oxygens (including phenoxy) is 2. The van der Waals surface area contributed by atoms with Gasteiger partial charge in [-0.1, -0.05) is 25.0 Å². The summed E-state index contributed by atoms with van der Waals surface area (Å²) in [6, 6.07) is 3.75. The minimum atomic E-state index is -1.84. The second-order valence-electron chi connectivity index (χ2n) is 13.0. The van der Waals surface area contributed by atoms with Crippen molar-refractivity contribution in [2.75, 3.05) is 7.11 Å². The number of aliphatic hydroxyl groups excluding tert-OH is 1. The highest BCUT2D eigenvalue weighted by molar-refractivity contribution is 6.31. The molecule has 4 unspecified atom stereocenters. The van der Waals surface area contributed by atoms with E-state index in [2.05, 4.69) is 16.0 Å². The Morgan fingerprint density at radius 2 is 1.68 bits per heavy atom. The molecule has 15 heteroatoms. The van der Waals surface area contributed by atoms with Crippen LogP contribution in [-0.4, -0.2) is 74.4 Å². The van der Waals surface area contributed by atoms with Crippen LogP contribution in [0.5, 0.6) is 17.2 Å². The Labute approximate surface area is 288 Å². The lowest BCUT2D eigenvalue weighted by molar-refractivity contribution is -0.122. The summed E-state index contributed by atoms with van der Waals surface area (Å²) >= 11 is 0. The molecular weight excluding hydrogens is 650 g/mol. The molecule has 0 aliphatic heterocycles. The van der Waals surface area contributed by atoms with E-state index in [0.29, 0.717) is 25.7 Å². The summed E-state index contributed by atoms with van der Waals surface area (Å²) in [6.45, 7) is 1.49. The van der Waals surface area contributed by atoms with Crippen LogP contribution in [0.4, 0.5) is 0 Å². The molecule has 15 nitrogen and oxygen atoms in total. The number of ketones is 2. The number of aromatic hydroxyl groups is 2. The van der Waals surface area contributed by atoms with Gasteiger partial charge in [0.15, 0.2) is 5.78 Å². The second kappa shape index (κ2) is 15.0. The average molecular weight is 694 g/mol. The van der Waals surface area contributed by atoms with E-state index in [1.165, 1.54) is 38.3 Å². The first-order valence-corrected chi connectivity index (χ1v) is 16.5. The van der Waals surface area contributed by atoms with Crippen LogP contribution in [0.3, 0.4) is 0 Å². The van der Waals surface area contributed by atoms with E-state index in [1.807, 2.05) is 0 Å². The summed E-state index contributed by atoms with van der Waals surface area (Å²) < 4.78 is 11.7. The fraction of sp³-hybridized carbons (Fsp3) is 0.457. The Morgan fingerprint density at radius 1 is 1.00 bits per heavy atom. The van der Waals surface area contributed by atoms with Gasteiger partial charge in [-0.3, -0.25) is 24.6 Å². The lowest BCUT2D eigenvalue weighted by Crippen LogP contribution is -2.46. The maximum atomic E-state index is 13.9. The molecule has 0 spiro atoms. The molecule has 268 valence electrons. The lowest BCUT2D eigenvalue weighted by atomic mass is 9.71.